The van der Waals surface area contributed by atoms with Crippen molar-refractivity contribution in [3.05, 3.63) is 57.2 Å². The number of likely N-dealkylation sites (N-methyl/N-ethyl adjacent to an activating group) is 1. The zero-order valence-corrected chi connectivity index (χ0v) is 18.5. The molecule has 2 heterocycles. The zero-order valence-electron chi connectivity index (χ0n) is 17.9. The fourth-order valence-electron chi connectivity index (χ4n) is 3.97. The molecule has 4 rings (SSSR count). The van der Waals surface area contributed by atoms with Crippen molar-refractivity contribution >= 4 is 30.4 Å². The summed E-state index contributed by atoms with van der Waals surface area (Å²) in [5.74, 6) is -2.08. The van der Waals surface area contributed by atoms with E-state index in [9.17, 15) is 29.4 Å². The van der Waals surface area contributed by atoms with Crippen LogP contribution in [0.5, 0.6) is 11.5 Å². The first-order valence-corrected chi connectivity index (χ1v) is 11.5. The van der Waals surface area contributed by atoms with Gasteiger partial charge in [-0.25, -0.2) is 4.57 Å². The van der Waals surface area contributed by atoms with Crippen molar-refractivity contribution in [3.8, 4) is 22.8 Å². The summed E-state index contributed by atoms with van der Waals surface area (Å²) >= 11 is 6.24. The van der Waals surface area contributed by atoms with Crippen molar-refractivity contribution in [3.63, 3.8) is 0 Å². The first-order chi connectivity index (χ1) is 15.4. The molecule has 11 heteroatoms. The molecule has 32 heavy (non-hydrogen) atoms. The highest BCUT2D eigenvalue weighted by Crippen LogP contribution is 2.47. The third-order valence-corrected chi connectivity index (χ3v) is 6.14. The van der Waals surface area contributed by atoms with E-state index in [2.05, 4.69) is 0 Å². The highest BCUT2D eigenvalue weighted by Gasteiger charge is 2.38. The molecule has 2 atom stereocenters. The van der Waals surface area contributed by atoms with Gasteiger partial charge in [0, 0.05) is 35.7 Å². The number of hydrogen-bond donors (Lipinski definition) is 4. The van der Waals surface area contributed by atoms with Crippen LogP contribution >= 0.6 is 19.4 Å². The van der Waals surface area contributed by atoms with Gasteiger partial charge in [0.15, 0.2) is 5.43 Å². The summed E-state index contributed by atoms with van der Waals surface area (Å²) in [6.07, 6.45) is -2.04. The Bertz CT molecular complexity index is 1340. The van der Waals surface area contributed by atoms with Crippen LogP contribution in [0.4, 0.5) is 0 Å². The lowest BCUT2D eigenvalue weighted by molar-refractivity contribution is 0.0544. The van der Waals surface area contributed by atoms with E-state index in [1.54, 1.807) is 36.2 Å². The van der Waals surface area contributed by atoms with Gasteiger partial charge in [0.1, 0.15) is 28.2 Å². The number of phenolic OH excluding ortho intramolecular Hbond substituents is 2. The Morgan fingerprint density at radius 2 is 1.97 bits per heavy atom. The van der Waals surface area contributed by atoms with Crippen LogP contribution in [0.2, 0.25) is 5.02 Å². The van der Waals surface area contributed by atoms with Gasteiger partial charge in [0.25, 0.3) is 0 Å². The molecule has 1 aliphatic heterocycles. The average Bonchev–Trinajstić information content (AvgIpc) is 2.67. The molecule has 9 nitrogen and oxygen atoms in total. The van der Waals surface area contributed by atoms with Crippen LogP contribution in [0, 0.1) is 0 Å². The van der Waals surface area contributed by atoms with E-state index in [0.717, 1.165) is 12.1 Å². The highest BCUT2D eigenvalue weighted by molar-refractivity contribution is 7.46. The molecule has 170 valence electrons. The van der Waals surface area contributed by atoms with E-state index >= 15 is 0 Å². The lowest BCUT2D eigenvalue weighted by Gasteiger charge is -2.36. The molecular formula is C21H21ClNO8P. The van der Waals surface area contributed by atoms with Gasteiger partial charge in [0.05, 0.1) is 12.5 Å². The van der Waals surface area contributed by atoms with Crippen molar-refractivity contribution < 1.29 is 34.9 Å². The number of phenols is 2. The molecule has 2 aromatic carbocycles. The number of phosphoric acid groups is 1. The lowest BCUT2D eigenvalue weighted by atomic mass is 9.85. The fraction of sp³-hybridized carbons (Fsp3) is 0.286. The van der Waals surface area contributed by atoms with Gasteiger partial charge >= 0.3 is 7.82 Å². The third kappa shape index (κ3) is 4.41. The molecule has 0 bridgehead atoms. The topological polar surface area (TPSA) is 141 Å². The molecule has 1 fully saturated rings. The van der Waals surface area contributed by atoms with Gasteiger partial charge in [0.2, 0.25) is 0 Å². The van der Waals surface area contributed by atoms with Crippen molar-refractivity contribution in [2.24, 2.45) is 0 Å². The predicted octanol–water partition coefficient (Wildman–Crippen LogP) is 3.42. The van der Waals surface area contributed by atoms with Crippen LogP contribution in [-0.2, 0) is 9.09 Å². The molecule has 0 saturated carbocycles. The number of benzene rings is 2. The van der Waals surface area contributed by atoms with Crippen molar-refractivity contribution in [1.29, 1.82) is 0 Å². The average molecular weight is 483 g/mol. The Labute approximate surface area is 189 Å². The van der Waals surface area contributed by atoms with Crippen LogP contribution in [0.3, 0.4) is 0 Å². The number of hydrogen-bond acceptors (Lipinski definition) is 7. The first-order valence-electron chi connectivity index (χ1n) is 10.1. The number of aromatic hydroxyl groups is 2. The van der Waals surface area contributed by atoms with Crippen molar-refractivity contribution in [1.82, 2.24) is 4.90 Å². The van der Waals surface area contributed by atoms with Gasteiger partial charge < -0.3 is 29.3 Å². The molecule has 1 aromatic heterocycles. The largest absolute Gasteiger partial charge is 0.507 e. The normalized spacial score (nSPS) is 22.8. The maximum atomic E-state index is 12.9. The second-order valence-electron chi connectivity index (χ2n) is 7.61. The fourth-order valence-corrected chi connectivity index (χ4v) is 4.69. The van der Waals surface area contributed by atoms with E-state index < -0.39 is 36.7 Å². The van der Waals surface area contributed by atoms with Gasteiger partial charge in [-0.05, 0) is 32.1 Å². The van der Waals surface area contributed by atoms with Crippen LogP contribution in [0.1, 0.15) is 19.3 Å². The number of likely N-dealkylation sites (tertiary alicyclic amines) is 1. The molecule has 1 saturated heterocycles. The zero-order chi connectivity index (χ0) is 24.1. The molecule has 2 unspecified atom stereocenters. The number of piperidine rings is 1. The number of halogens is 1. The summed E-state index contributed by atoms with van der Waals surface area (Å²) in [6.45, 7) is 0.213. The van der Waals surface area contributed by atoms with Gasteiger partial charge in [-0.1, -0.05) is 23.7 Å². The Hall–Kier alpha value is -2.39. The molecule has 0 aliphatic carbocycles. The highest BCUT2D eigenvalue weighted by atomic mass is 35.5. The van der Waals surface area contributed by atoms with E-state index in [1.807, 2.05) is 0 Å². The Morgan fingerprint density at radius 1 is 1.25 bits per heavy atom. The van der Waals surface area contributed by atoms with Gasteiger partial charge in [-0.3, -0.25) is 9.32 Å². The predicted molar refractivity (Wildman–Crippen MR) is 118 cm³/mol. The quantitative estimate of drug-likeness (QED) is 0.411. The van der Waals surface area contributed by atoms with E-state index in [-0.39, 0.29) is 35.3 Å². The van der Waals surface area contributed by atoms with Crippen molar-refractivity contribution in [2.45, 2.75) is 18.4 Å². The molecule has 1 aliphatic rings. The third-order valence-electron chi connectivity index (χ3n) is 5.34. The summed E-state index contributed by atoms with van der Waals surface area (Å²) in [5.41, 5.74) is -0.510. The van der Waals surface area contributed by atoms with Crippen LogP contribution in [-0.4, -0.2) is 51.1 Å². The second-order valence-corrected chi connectivity index (χ2v) is 9.19. The molecule has 4 N–H and O–H groups in total. The molecule has 0 spiro atoms. The van der Waals surface area contributed by atoms with Gasteiger partial charge in [-0.2, -0.15) is 0 Å². The standard InChI is InChI=1S/C21H21ClNO8P/c1-23-7-6-12(18(10-23)31-32(27,28)29)19-14(24)8-15(25)20-16(26)9-17(30-21(19)20)11-4-2-3-5-13(11)22/h2-5,8-9,12,18,24-25H,6-7,10H2,1H3,(H2,27,28,29)/i18D. The Morgan fingerprint density at radius 3 is 2.66 bits per heavy atom. The Balaban J connectivity index is 2.01. The number of phosphoric ester groups is 1. The molecule has 0 radical (unpaired) electrons. The summed E-state index contributed by atoms with van der Waals surface area (Å²) < 4.78 is 31.3. The summed E-state index contributed by atoms with van der Waals surface area (Å²) in [5, 5.41) is 21.2. The minimum absolute atomic E-state index is 0.0590. The lowest BCUT2D eigenvalue weighted by Crippen LogP contribution is -2.41. The number of rotatable bonds is 4. The van der Waals surface area contributed by atoms with Gasteiger partial charge in [-0.15, -0.1) is 0 Å². The first kappa shape index (κ1) is 21.5. The van der Waals surface area contributed by atoms with E-state index in [1.165, 1.54) is 0 Å². The summed E-state index contributed by atoms with van der Waals surface area (Å²) in [4.78, 5) is 33.5. The monoisotopic (exact) mass is 482 g/mol. The number of nitrogens with zero attached hydrogens (tertiary/aromatic N) is 1. The summed E-state index contributed by atoms with van der Waals surface area (Å²) in [7, 11) is -3.44. The number of fused-ring (bicyclic) bond motifs is 1. The summed E-state index contributed by atoms with van der Waals surface area (Å²) in [6, 6.07) is 8.70. The van der Waals surface area contributed by atoms with E-state index in [4.69, 9.17) is 21.9 Å². The van der Waals surface area contributed by atoms with Crippen molar-refractivity contribution in [2.75, 3.05) is 20.1 Å². The minimum Gasteiger partial charge on any atom is -0.507 e. The van der Waals surface area contributed by atoms with Crippen LogP contribution < -0.4 is 5.43 Å². The van der Waals surface area contributed by atoms with Crippen LogP contribution in [0.25, 0.3) is 22.3 Å². The Kier molecular flexibility index (Phi) is 5.71. The van der Waals surface area contributed by atoms with E-state index in [0.29, 0.717) is 17.1 Å². The van der Waals surface area contributed by atoms with Crippen LogP contribution in [0.15, 0.2) is 45.6 Å². The smallest absolute Gasteiger partial charge is 0.469 e. The maximum Gasteiger partial charge on any atom is 0.469 e. The molecule has 3 aromatic rings. The molecular weight excluding hydrogens is 461 g/mol. The minimum atomic E-state index is -5.10. The maximum absolute atomic E-state index is 12.9. The SMILES string of the molecule is [2H]C1(OP(=O)(O)O)CN(C)CCC1c1c(O)cc(O)c2c(=O)cc(-c3ccccc3Cl)oc12. The second kappa shape index (κ2) is 8.51. The molecule has 0 amide bonds.